The molecule has 5 nitrogen and oxygen atoms in total. The van der Waals surface area contributed by atoms with Gasteiger partial charge in [-0.05, 0) is 13.0 Å². The van der Waals surface area contributed by atoms with Gasteiger partial charge < -0.3 is 20.1 Å². The van der Waals surface area contributed by atoms with Crippen LogP contribution in [0.5, 0.6) is 0 Å². The van der Waals surface area contributed by atoms with Crippen molar-refractivity contribution in [3.05, 3.63) is 29.3 Å². The van der Waals surface area contributed by atoms with Gasteiger partial charge in [-0.2, -0.15) is 0 Å². The van der Waals surface area contributed by atoms with Gasteiger partial charge in [0.2, 0.25) is 0 Å². The lowest BCUT2D eigenvalue weighted by atomic mass is 10.2. The second kappa shape index (κ2) is 3.95. The van der Waals surface area contributed by atoms with E-state index in [1.54, 1.807) is 19.1 Å². The maximum Gasteiger partial charge on any atom is 0.341 e. The minimum atomic E-state index is -1.06. The molecule has 0 aromatic heterocycles. The summed E-state index contributed by atoms with van der Waals surface area (Å²) in [7, 11) is 0. The first-order valence-corrected chi connectivity index (χ1v) is 3.79. The van der Waals surface area contributed by atoms with E-state index in [-0.39, 0.29) is 11.8 Å². The van der Waals surface area contributed by atoms with Crippen molar-refractivity contribution in [3.8, 4) is 0 Å². The van der Waals surface area contributed by atoms with E-state index >= 15 is 0 Å². The third kappa shape index (κ3) is 2.79. The van der Waals surface area contributed by atoms with Gasteiger partial charge in [-0.15, -0.1) is 0 Å². The smallest absolute Gasteiger partial charge is 0.341 e. The molecule has 1 unspecified atom stereocenters. The lowest BCUT2D eigenvalue weighted by Gasteiger charge is -2.34. The van der Waals surface area contributed by atoms with Crippen LogP contribution in [0.25, 0.3) is 0 Å². The van der Waals surface area contributed by atoms with Crippen molar-refractivity contribution >= 4 is 5.97 Å². The van der Waals surface area contributed by atoms with Crippen molar-refractivity contribution in [2.75, 3.05) is 6.61 Å². The first-order valence-electron chi connectivity index (χ1n) is 3.79. The van der Waals surface area contributed by atoms with Crippen LogP contribution in [0.15, 0.2) is 24.1 Å². The summed E-state index contributed by atoms with van der Waals surface area (Å²) in [4.78, 5) is 10.1. The molecule has 0 amide bonds. The minimum absolute atomic E-state index is 0.225. The molecule has 0 saturated carbocycles. The normalized spacial score (nSPS) is 21.2. The first kappa shape index (κ1) is 9.60. The third-order valence-electron chi connectivity index (χ3n) is 1.56. The fourth-order valence-corrected chi connectivity index (χ4v) is 0.835. The van der Waals surface area contributed by atoms with E-state index in [1.165, 1.54) is 6.20 Å². The number of hydrogen-bond donors (Lipinski definition) is 1. The molecule has 0 spiro atoms. The number of hydroxylamine groups is 2. The van der Waals surface area contributed by atoms with Gasteiger partial charge in [-0.3, -0.25) is 0 Å². The Labute approximate surface area is 75.5 Å². The van der Waals surface area contributed by atoms with Crippen molar-refractivity contribution < 1.29 is 14.6 Å². The first-order chi connectivity index (χ1) is 6.09. The highest BCUT2D eigenvalue weighted by molar-refractivity contribution is 5.68. The number of ether oxygens (including phenoxy) is 1. The van der Waals surface area contributed by atoms with Gasteiger partial charge in [0.25, 0.3) is 0 Å². The van der Waals surface area contributed by atoms with Crippen molar-refractivity contribution in [1.82, 2.24) is 5.06 Å². The van der Waals surface area contributed by atoms with Crippen molar-refractivity contribution in [2.24, 2.45) is 0 Å². The number of aliphatic carboxylic acids is 1. The highest BCUT2D eigenvalue weighted by Crippen LogP contribution is 2.12. The highest BCUT2D eigenvalue weighted by Gasteiger charge is 2.06. The molecule has 5 heteroatoms. The number of carboxylic acid groups (broad SMARTS) is 1. The van der Waals surface area contributed by atoms with Crippen LogP contribution in [0.2, 0.25) is 0 Å². The van der Waals surface area contributed by atoms with E-state index in [0.717, 1.165) is 0 Å². The molecule has 1 atom stereocenters. The fourth-order valence-electron chi connectivity index (χ4n) is 0.835. The Bertz CT molecular complexity index is 259. The van der Waals surface area contributed by atoms with Crippen LogP contribution >= 0.6 is 0 Å². The van der Waals surface area contributed by atoms with E-state index in [0.29, 0.717) is 5.06 Å². The Hall–Kier alpha value is -1.49. The summed E-state index contributed by atoms with van der Waals surface area (Å²) in [5.41, 5.74) is 0. The maximum absolute atomic E-state index is 11.0. The molecule has 0 aromatic carbocycles. The number of carbonyl (C=O) groups is 1. The lowest BCUT2D eigenvalue weighted by Crippen LogP contribution is -2.23. The Morgan fingerprint density at radius 2 is 2.54 bits per heavy atom. The summed E-state index contributed by atoms with van der Waals surface area (Å²) >= 11 is 0. The molecule has 0 aliphatic carbocycles. The van der Waals surface area contributed by atoms with Crippen LogP contribution < -0.4 is 0 Å². The summed E-state index contributed by atoms with van der Waals surface area (Å²) in [5, 5.41) is 20.0. The van der Waals surface area contributed by atoms with Gasteiger partial charge in [-0.25, -0.2) is 4.79 Å². The molecule has 0 bridgehead atoms. The predicted octanol–water partition coefficient (Wildman–Crippen LogP) is 0.687. The molecule has 0 aromatic rings. The highest BCUT2D eigenvalue weighted by atomic mass is 16.5. The largest absolute Gasteiger partial charge is 0.758 e. The number of hydrogen-bond acceptors (Lipinski definition) is 4. The van der Waals surface area contributed by atoms with Crippen molar-refractivity contribution in [2.45, 2.75) is 13.0 Å². The summed E-state index contributed by atoms with van der Waals surface area (Å²) in [6.45, 7) is 1.30. The van der Waals surface area contributed by atoms with E-state index in [9.17, 15) is 10.0 Å². The summed E-state index contributed by atoms with van der Waals surface area (Å²) in [5.74, 6) is -0.791. The van der Waals surface area contributed by atoms with Crippen molar-refractivity contribution in [1.29, 1.82) is 0 Å². The molecule has 13 heavy (non-hydrogen) atoms. The van der Waals surface area contributed by atoms with Gasteiger partial charge in [0.15, 0.2) is 6.61 Å². The fraction of sp³-hybridized carbons (Fsp3) is 0.375. The van der Waals surface area contributed by atoms with E-state index < -0.39 is 12.6 Å². The zero-order valence-corrected chi connectivity index (χ0v) is 7.14. The van der Waals surface area contributed by atoms with Gasteiger partial charge in [0.05, 0.1) is 0 Å². The number of carboxylic acids is 1. The summed E-state index contributed by atoms with van der Waals surface area (Å²) in [6.07, 6.45) is 4.46. The van der Waals surface area contributed by atoms with Crippen LogP contribution in [-0.2, 0) is 9.53 Å². The molecule has 1 N–H and O–H groups in total. The molecule has 1 aliphatic heterocycles. The van der Waals surface area contributed by atoms with Crippen LogP contribution in [0.1, 0.15) is 6.92 Å². The lowest BCUT2D eigenvalue weighted by molar-refractivity contribution is -0.140. The third-order valence-corrected chi connectivity index (χ3v) is 1.56. The Morgan fingerprint density at radius 1 is 1.85 bits per heavy atom. The topological polar surface area (TPSA) is 72.8 Å². The molecule has 1 aliphatic rings. The van der Waals surface area contributed by atoms with E-state index in [2.05, 4.69) is 0 Å². The van der Waals surface area contributed by atoms with Crippen LogP contribution in [0.4, 0.5) is 0 Å². The van der Waals surface area contributed by atoms with Gasteiger partial charge in [0, 0.05) is 12.2 Å². The summed E-state index contributed by atoms with van der Waals surface area (Å²) < 4.78 is 4.80. The minimum Gasteiger partial charge on any atom is -0.758 e. The van der Waals surface area contributed by atoms with Gasteiger partial charge in [0.1, 0.15) is 5.76 Å². The molecular formula is C8H10NO4-. The molecule has 0 fully saturated rings. The van der Waals surface area contributed by atoms with Crippen LogP contribution in [0, 0.1) is 5.21 Å². The Balaban J connectivity index is 2.48. The average Bonchev–Trinajstić information content (AvgIpc) is 2.07. The maximum atomic E-state index is 11.0. The molecule has 0 radical (unpaired) electrons. The predicted molar refractivity (Wildman–Crippen MR) is 45.5 cm³/mol. The quantitative estimate of drug-likeness (QED) is 0.698. The van der Waals surface area contributed by atoms with E-state index in [1.807, 2.05) is 0 Å². The molecule has 1 rings (SSSR count). The van der Waals surface area contributed by atoms with Crippen molar-refractivity contribution in [3.63, 3.8) is 0 Å². The summed E-state index contributed by atoms with van der Waals surface area (Å²) in [6, 6.07) is -0.225. The standard InChI is InChI=1S/C8H10NO4/c1-6-2-3-7(4-9(6)12)13-5-8(10)11/h2-4,6H,5H2,1H3,(H,10,11)/q-1. The van der Waals surface area contributed by atoms with Crippen LogP contribution in [-0.4, -0.2) is 28.8 Å². The molecule has 72 valence electrons. The number of rotatable bonds is 3. The van der Waals surface area contributed by atoms with Crippen LogP contribution in [0.3, 0.4) is 0 Å². The number of allylic oxidation sites excluding steroid dienone is 1. The zero-order chi connectivity index (χ0) is 9.84. The number of nitrogens with zero attached hydrogens (tertiary/aromatic N) is 1. The SMILES string of the molecule is CC1C=CC(OCC(=O)O)=CN1[O-]. The second-order valence-corrected chi connectivity index (χ2v) is 2.67. The van der Waals surface area contributed by atoms with E-state index in [4.69, 9.17) is 9.84 Å². The second-order valence-electron chi connectivity index (χ2n) is 2.67. The van der Waals surface area contributed by atoms with Gasteiger partial charge in [-0.1, -0.05) is 6.08 Å². The zero-order valence-electron chi connectivity index (χ0n) is 7.14. The Morgan fingerprint density at radius 3 is 3.08 bits per heavy atom. The molecular weight excluding hydrogens is 174 g/mol. The molecule has 1 heterocycles. The Kier molecular flexibility index (Phi) is 2.92. The van der Waals surface area contributed by atoms with Gasteiger partial charge >= 0.3 is 5.97 Å². The molecule has 0 saturated heterocycles. The monoisotopic (exact) mass is 184 g/mol. The average molecular weight is 184 g/mol.